The van der Waals surface area contributed by atoms with E-state index in [0.29, 0.717) is 12.0 Å². The minimum Gasteiger partial charge on any atom is -0.381 e. The smallest absolute Gasteiger partial charge is 0.134 e. The predicted octanol–water partition coefficient (Wildman–Crippen LogP) is 1.97. The van der Waals surface area contributed by atoms with E-state index in [1.165, 1.54) is 30.5 Å². The molecule has 0 amide bonds. The van der Waals surface area contributed by atoms with Crippen LogP contribution in [0.4, 0.5) is 0 Å². The van der Waals surface area contributed by atoms with Crippen molar-refractivity contribution in [1.29, 1.82) is 0 Å². The maximum Gasteiger partial charge on any atom is 0.134 e. The van der Waals surface area contributed by atoms with Gasteiger partial charge in [0.05, 0.1) is 6.61 Å². The molecule has 1 saturated heterocycles. The Morgan fingerprint density at radius 1 is 1.33 bits per heavy atom. The molecule has 2 heterocycles. The standard InChI is InChI=1S/C14H21N3O/c1-15-12-4-2-3-5-13-11(12)8-16-14(17-13)10-6-7-18-9-10/h8,10,12,15H,2-7,9H2,1H3. The molecule has 1 N–H and O–H groups in total. The number of fused-ring (bicyclic) bond motifs is 1. The number of hydrogen-bond acceptors (Lipinski definition) is 4. The lowest BCUT2D eigenvalue weighted by Gasteiger charge is -2.17. The highest BCUT2D eigenvalue weighted by atomic mass is 16.5. The fraction of sp³-hybridized carbons (Fsp3) is 0.714. The highest BCUT2D eigenvalue weighted by molar-refractivity contribution is 5.24. The summed E-state index contributed by atoms with van der Waals surface area (Å²) in [4.78, 5) is 9.41. The van der Waals surface area contributed by atoms with Gasteiger partial charge in [-0.2, -0.15) is 0 Å². The van der Waals surface area contributed by atoms with E-state index in [1.807, 2.05) is 13.2 Å². The minimum absolute atomic E-state index is 0.409. The van der Waals surface area contributed by atoms with Crippen LogP contribution < -0.4 is 5.32 Å². The molecule has 0 aromatic carbocycles. The summed E-state index contributed by atoms with van der Waals surface area (Å²) in [5, 5.41) is 3.38. The van der Waals surface area contributed by atoms with Gasteiger partial charge in [-0.05, 0) is 32.7 Å². The molecule has 3 rings (SSSR count). The summed E-state index contributed by atoms with van der Waals surface area (Å²) >= 11 is 0. The first-order valence-electron chi connectivity index (χ1n) is 6.99. The van der Waals surface area contributed by atoms with Gasteiger partial charge in [-0.3, -0.25) is 0 Å². The third kappa shape index (κ3) is 2.27. The van der Waals surface area contributed by atoms with Gasteiger partial charge in [0.25, 0.3) is 0 Å². The molecular weight excluding hydrogens is 226 g/mol. The number of ether oxygens (including phenoxy) is 1. The normalized spacial score (nSPS) is 27.8. The monoisotopic (exact) mass is 247 g/mol. The molecule has 0 radical (unpaired) electrons. The first-order chi connectivity index (χ1) is 8.88. The molecule has 1 aliphatic heterocycles. The zero-order valence-electron chi connectivity index (χ0n) is 11.0. The van der Waals surface area contributed by atoms with E-state index in [-0.39, 0.29) is 0 Å². The number of hydrogen-bond donors (Lipinski definition) is 1. The Balaban J connectivity index is 1.91. The Hall–Kier alpha value is -1.00. The number of nitrogens with one attached hydrogen (secondary N) is 1. The summed E-state index contributed by atoms with van der Waals surface area (Å²) in [5.41, 5.74) is 2.56. The summed E-state index contributed by atoms with van der Waals surface area (Å²) in [5.74, 6) is 1.40. The second kappa shape index (κ2) is 5.33. The fourth-order valence-electron chi connectivity index (χ4n) is 2.96. The molecular formula is C14H21N3O. The van der Waals surface area contributed by atoms with Crippen LogP contribution in [0.1, 0.15) is 54.7 Å². The quantitative estimate of drug-likeness (QED) is 0.812. The van der Waals surface area contributed by atoms with E-state index in [4.69, 9.17) is 9.72 Å². The van der Waals surface area contributed by atoms with Crippen molar-refractivity contribution in [2.24, 2.45) is 0 Å². The van der Waals surface area contributed by atoms with E-state index in [2.05, 4.69) is 10.3 Å². The lowest BCUT2D eigenvalue weighted by molar-refractivity contribution is 0.193. The highest BCUT2D eigenvalue weighted by Gasteiger charge is 2.24. The molecule has 0 spiro atoms. The number of aromatic nitrogens is 2. The molecule has 2 aliphatic rings. The minimum atomic E-state index is 0.409. The van der Waals surface area contributed by atoms with E-state index in [1.54, 1.807) is 0 Å². The Kier molecular flexibility index (Phi) is 3.57. The van der Waals surface area contributed by atoms with Gasteiger partial charge in [0.1, 0.15) is 5.82 Å². The van der Waals surface area contributed by atoms with Crippen LogP contribution in [0.25, 0.3) is 0 Å². The molecule has 4 nitrogen and oxygen atoms in total. The first-order valence-corrected chi connectivity index (χ1v) is 6.99. The number of rotatable bonds is 2. The van der Waals surface area contributed by atoms with Crippen LogP contribution in [0.5, 0.6) is 0 Å². The molecule has 0 bridgehead atoms. The fourth-order valence-corrected chi connectivity index (χ4v) is 2.96. The van der Waals surface area contributed by atoms with Crippen molar-refractivity contribution in [3.05, 3.63) is 23.3 Å². The largest absolute Gasteiger partial charge is 0.381 e. The van der Waals surface area contributed by atoms with Gasteiger partial charge in [0.15, 0.2) is 0 Å². The van der Waals surface area contributed by atoms with Crippen LogP contribution in [0.2, 0.25) is 0 Å². The van der Waals surface area contributed by atoms with Crippen molar-refractivity contribution in [1.82, 2.24) is 15.3 Å². The van der Waals surface area contributed by atoms with Gasteiger partial charge in [0.2, 0.25) is 0 Å². The Morgan fingerprint density at radius 3 is 3.06 bits per heavy atom. The maximum atomic E-state index is 5.43. The van der Waals surface area contributed by atoms with Crippen LogP contribution in [-0.4, -0.2) is 30.2 Å². The summed E-state index contributed by atoms with van der Waals surface area (Å²) < 4.78 is 5.43. The topological polar surface area (TPSA) is 47.0 Å². The SMILES string of the molecule is CNC1CCCCc2nc(C3CCOC3)ncc21. The molecule has 18 heavy (non-hydrogen) atoms. The predicted molar refractivity (Wildman–Crippen MR) is 69.6 cm³/mol. The molecule has 4 heteroatoms. The lowest BCUT2D eigenvalue weighted by Crippen LogP contribution is -2.18. The van der Waals surface area contributed by atoms with Crippen LogP contribution in [0.3, 0.4) is 0 Å². The second-order valence-corrected chi connectivity index (χ2v) is 5.28. The van der Waals surface area contributed by atoms with Gasteiger partial charge < -0.3 is 10.1 Å². The summed E-state index contributed by atoms with van der Waals surface area (Å²) in [6.45, 7) is 1.64. The van der Waals surface area contributed by atoms with Gasteiger partial charge in [-0.1, -0.05) is 6.42 Å². The van der Waals surface area contributed by atoms with Gasteiger partial charge >= 0.3 is 0 Å². The lowest BCUT2D eigenvalue weighted by atomic mass is 10.0. The van der Waals surface area contributed by atoms with E-state index in [0.717, 1.165) is 31.9 Å². The molecule has 98 valence electrons. The van der Waals surface area contributed by atoms with Crippen LogP contribution >= 0.6 is 0 Å². The number of aryl methyl sites for hydroxylation is 1. The Bertz CT molecular complexity index is 416. The first kappa shape index (κ1) is 12.1. The highest BCUT2D eigenvalue weighted by Crippen LogP contribution is 2.29. The van der Waals surface area contributed by atoms with Gasteiger partial charge in [-0.25, -0.2) is 9.97 Å². The second-order valence-electron chi connectivity index (χ2n) is 5.28. The number of nitrogens with zero attached hydrogens (tertiary/aromatic N) is 2. The Labute approximate surface area is 108 Å². The molecule has 1 fully saturated rings. The van der Waals surface area contributed by atoms with Crippen molar-refractivity contribution in [3.63, 3.8) is 0 Å². The van der Waals surface area contributed by atoms with Crippen molar-refractivity contribution in [2.75, 3.05) is 20.3 Å². The zero-order chi connectivity index (χ0) is 12.4. The van der Waals surface area contributed by atoms with E-state index in [9.17, 15) is 0 Å². The molecule has 1 aromatic rings. The van der Waals surface area contributed by atoms with Crippen molar-refractivity contribution < 1.29 is 4.74 Å². The summed E-state index contributed by atoms with van der Waals surface area (Å²) in [7, 11) is 2.03. The average Bonchev–Trinajstić information content (AvgIpc) is 2.86. The van der Waals surface area contributed by atoms with Crippen molar-refractivity contribution in [3.8, 4) is 0 Å². The maximum absolute atomic E-state index is 5.43. The molecule has 2 unspecified atom stereocenters. The third-order valence-corrected chi connectivity index (χ3v) is 4.09. The van der Waals surface area contributed by atoms with Crippen LogP contribution in [0, 0.1) is 0 Å². The zero-order valence-corrected chi connectivity index (χ0v) is 11.0. The third-order valence-electron chi connectivity index (χ3n) is 4.09. The molecule has 0 saturated carbocycles. The molecule has 1 aromatic heterocycles. The van der Waals surface area contributed by atoms with Crippen molar-refractivity contribution >= 4 is 0 Å². The average molecular weight is 247 g/mol. The van der Waals surface area contributed by atoms with Gasteiger partial charge in [-0.15, -0.1) is 0 Å². The van der Waals surface area contributed by atoms with Crippen LogP contribution in [-0.2, 0) is 11.2 Å². The van der Waals surface area contributed by atoms with E-state index >= 15 is 0 Å². The van der Waals surface area contributed by atoms with Gasteiger partial charge in [0, 0.05) is 36.0 Å². The van der Waals surface area contributed by atoms with E-state index < -0.39 is 0 Å². The molecule has 2 atom stereocenters. The Morgan fingerprint density at radius 2 is 2.28 bits per heavy atom. The van der Waals surface area contributed by atoms with Crippen molar-refractivity contribution in [2.45, 2.75) is 44.1 Å². The molecule has 1 aliphatic carbocycles. The summed E-state index contributed by atoms with van der Waals surface area (Å²) in [6, 6.07) is 0.427. The summed E-state index contributed by atoms with van der Waals surface area (Å²) in [6.07, 6.45) is 7.90. The van der Waals surface area contributed by atoms with Crippen LogP contribution in [0.15, 0.2) is 6.20 Å².